The fourth-order valence-corrected chi connectivity index (χ4v) is 1.68. The minimum Gasteiger partial charge on any atom is -0.368 e. The van der Waals surface area contributed by atoms with Crippen LogP contribution in [-0.4, -0.2) is 35.2 Å². The number of alkyl halides is 1. The molecule has 0 spiro atoms. The molecule has 0 aliphatic carbocycles. The van der Waals surface area contributed by atoms with Crippen LogP contribution in [0.15, 0.2) is 0 Å². The minimum atomic E-state index is -0.401. The van der Waals surface area contributed by atoms with Crippen LogP contribution in [0.3, 0.4) is 0 Å². The second-order valence-electron chi connectivity index (χ2n) is 3.44. The van der Waals surface area contributed by atoms with E-state index in [0.717, 1.165) is 12.8 Å². The van der Waals surface area contributed by atoms with Crippen molar-refractivity contribution in [3.8, 4) is 0 Å². The summed E-state index contributed by atoms with van der Waals surface area (Å²) in [7, 11) is 0. The van der Waals surface area contributed by atoms with Crippen molar-refractivity contribution in [3.63, 3.8) is 0 Å². The third-order valence-electron chi connectivity index (χ3n) is 2.44. The number of likely N-dealkylation sites (tertiary alicyclic amines) is 1. The van der Waals surface area contributed by atoms with Gasteiger partial charge in [-0.2, -0.15) is 0 Å². The molecule has 1 aliphatic heterocycles. The van der Waals surface area contributed by atoms with E-state index in [1.807, 2.05) is 0 Å². The molecule has 2 amide bonds. The topological polar surface area (TPSA) is 63.4 Å². The quantitative estimate of drug-likeness (QED) is 0.539. The summed E-state index contributed by atoms with van der Waals surface area (Å²) in [5.74, 6) is 0.194. The molecular formula is C9H15ClN2O2. The van der Waals surface area contributed by atoms with Crippen LogP contribution in [0, 0.1) is 0 Å². The minimum absolute atomic E-state index is 0.0187. The number of nitrogens with two attached hydrogens (primary N) is 1. The van der Waals surface area contributed by atoms with Gasteiger partial charge in [-0.15, -0.1) is 11.6 Å². The average Bonchev–Trinajstić information content (AvgIpc) is 2.01. The summed E-state index contributed by atoms with van der Waals surface area (Å²) >= 11 is 5.49. The maximum Gasteiger partial charge on any atom is 0.240 e. The van der Waals surface area contributed by atoms with Crippen molar-refractivity contribution in [1.82, 2.24) is 4.90 Å². The first-order valence-electron chi connectivity index (χ1n) is 4.81. The van der Waals surface area contributed by atoms with E-state index in [9.17, 15) is 9.59 Å². The second kappa shape index (κ2) is 5.20. The zero-order chi connectivity index (χ0) is 10.6. The maximum absolute atomic E-state index is 11.5. The van der Waals surface area contributed by atoms with Crippen molar-refractivity contribution in [2.24, 2.45) is 5.73 Å². The molecule has 80 valence electrons. The number of amides is 2. The lowest BCUT2D eigenvalue weighted by atomic mass is 10.0. The van der Waals surface area contributed by atoms with Gasteiger partial charge < -0.3 is 10.6 Å². The molecular weight excluding hydrogens is 204 g/mol. The molecule has 1 aliphatic rings. The number of nitrogens with zero attached hydrogens (tertiary/aromatic N) is 1. The largest absolute Gasteiger partial charge is 0.368 e. The van der Waals surface area contributed by atoms with Crippen LogP contribution >= 0.6 is 11.6 Å². The summed E-state index contributed by atoms with van der Waals surface area (Å²) in [5, 5.41) is 0. The van der Waals surface area contributed by atoms with E-state index in [0.29, 0.717) is 25.3 Å². The van der Waals surface area contributed by atoms with Gasteiger partial charge in [-0.05, 0) is 19.3 Å². The normalized spacial score (nSPS) is 20.4. The highest BCUT2D eigenvalue weighted by atomic mass is 35.5. The number of hydrogen-bond donors (Lipinski definition) is 1. The van der Waals surface area contributed by atoms with E-state index in [4.69, 9.17) is 17.3 Å². The Kier molecular flexibility index (Phi) is 4.20. The van der Waals surface area contributed by atoms with Crippen LogP contribution in [0.5, 0.6) is 0 Å². The summed E-state index contributed by atoms with van der Waals surface area (Å²) in [6.07, 6.45) is 2.79. The van der Waals surface area contributed by atoms with Crippen LogP contribution in [-0.2, 0) is 9.59 Å². The highest BCUT2D eigenvalue weighted by molar-refractivity contribution is 6.17. The molecule has 1 atom stereocenters. The number of primary amides is 1. The van der Waals surface area contributed by atoms with Gasteiger partial charge in [0, 0.05) is 18.8 Å². The van der Waals surface area contributed by atoms with Crippen molar-refractivity contribution >= 4 is 23.4 Å². The van der Waals surface area contributed by atoms with Crippen LogP contribution in [0.2, 0.25) is 0 Å². The number of carbonyl (C=O) groups excluding carboxylic acids is 2. The first kappa shape index (κ1) is 11.3. The van der Waals surface area contributed by atoms with Gasteiger partial charge in [0.05, 0.1) is 0 Å². The number of carbonyl (C=O) groups is 2. The Hall–Kier alpha value is -0.770. The summed E-state index contributed by atoms with van der Waals surface area (Å²) < 4.78 is 0. The first-order valence-corrected chi connectivity index (χ1v) is 5.35. The van der Waals surface area contributed by atoms with E-state index in [-0.39, 0.29) is 11.9 Å². The Morgan fingerprint density at radius 1 is 1.43 bits per heavy atom. The molecule has 0 aromatic rings. The van der Waals surface area contributed by atoms with Gasteiger partial charge in [0.2, 0.25) is 11.8 Å². The Balaban J connectivity index is 2.27. The molecule has 1 saturated heterocycles. The molecule has 0 saturated carbocycles. The zero-order valence-electron chi connectivity index (χ0n) is 8.04. The number of unbranched alkanes of at least 4 members (excludes halogenated alkanes) is 1. The number of rotatable bonds is 5. The monoisotopic (exact) mass is 218 g/mol. The fourth-order valence-electron chi connectivity index (χ4n) is 1.50. The van der Waals surface area contributed by atoms with E-state index in [2.05, 4.69) is 0 Å². The standard InChI is InChI=1S/C9H15ClN2O2/c10-5-2-1-3-8(13)12-6-4-7(12)9(11)14/h7H,1-6H2,(H2,11,14). The van der Waals surface area contributed by atoms with Crippen LogP contribution in [0.1, 0.15) is 25.7 Å². The SMILES string of the molecule is NC(=O)C1CCN1C(=O)CCCCCl. The fraction of sp³-hybridized carbons (Fsp3) is 0.778. The summed E-state index contributed by atoms with van der Waals surface area (Å²) in [6, 6.07) is -0.362. The van der Waals surface area contributed by atoms with Gasteiger partial charge in [0.1, 0.15) is 6.04 Å². The van der Waals surface area contributed by atoms with E-state index in [1.54, 1.807) is 4.90 Å². The summed E-state index contributed by atoms with van der Waals surface area (Å²) in [4.78, 5) is 23.9. The van der Waals surface area contributed by atoms with Crippen molar-refractivity contribution < 1.29 is 9.59 Å². The Bertz CT molecular complexity index is 233. The molecule has 0 bridgehead atoms. The average molecular weight is 219 g/mol. The molecule has 0 aromatic carbocycles. The molecule has 1 fully saturated rings. The third-order valence-corrected chi connectivity index (χ3v) is 2.71. The van der Waals surface area contributed by atoms with E-state index < -0.39 is 5.91 Å². The molecule has 2 N–H and O–H groups in total. The van der Waals surface area contributed by atoms with E-state index in [1.165, 1.54) is 0 Å². The van der Waals surface area contributed by atoms with Crippen molar-refractivity contribution in [1.29, 1.82) is 0 Å². The molecule has 0 radical (unpaired) electrons. The predicted octanol–water partition coefficient (Wildman–Crippen LogP) is 0.482. The predicted molar refractivity (Wildman–Crippen MR) is 53.9 cm³/mol. The lowest BCUT2D eigenvalue weighted by Crippen LogP contribution is -2.57. The van der Waals surface area contributed by atoms with Gasteiger partial charge in [0.25, 0.3) is 0 Å². The van der Waals surface area contributed by atoms with Crippen molar-refractivity contribution in [2.45, 2.75) is 31.7 Å². The van der Waals surface area contributed by atoms with Crippen LogP contribution in [0.25, 0.3) is 0 Å². The molecule has 1 heterocycles. The number of hydrogen-bond acceptors (Lipinski definition) is 2. The summed E-state index contributed by atoms with van der Waals surface area (Å²) in [6.45, 7) is 0.660. The van der Waals surface area contributed by atoms with Gasteiger partial charge in [-0.1, -0.05) is 0 Å². The van der Waals surface area contributed by atoms with Crippen LogP contribution in [0.4, 0.5) is 0 Å². The molecule has 4 nitrogen and oxygen atoms in total. The molecule has 14 heavy (non-hydrogen) atoms. The second-order valence-corrected chi connectivity index (χ2v) is 3.82. The lowest BCUT2D eigenvalue weighted by Gasteiger charge is -2.38. The van der Waals surface area contributed by atoms with Gasteiger partial charge in [0.15, 0.2) is 0 Å². The third kappa shape index (κ3) is 2.61. The zero-order valence-corrected chi connectivity index (χ0v) is 8.79. The molecule has 0 aromatic heterocycles. The first-order chi connectivity index (χ1) is 6.66. The Morgan fingerprint density at radius 2 is 2.14 bits per heavy atom. The Morgan fingerprint density at radius 3 is 2.57 bits per heavy atom. The number of halogens is 1. The van der Waals surface area contributed by atoms with Gasteiger partial charge in [-0.3, -0.25) is 9.59 Å². The highest BCUT2D eigenvalue weighted by Gasteiger charge is 2.35. The Labute approximate surface area is 88.4 Å². The molecule has 1 rings (SSSR count). The van der Waals surface area contributed by atoms with Crippen LogP contribution < -0.4 is 5.73 Å². The van der Waals surface area contributed by atoms with E-state index >= 15 is 0 Å². The summed E-state index contributed by atoms with van der Waals surface area (Å²) in [5.41, 5.74) is 5.13. The smallest absolute Gasteiger partial charge is 0.240 e. The van der Waals surface area contributed by atoms with Crippen molar-refractivity contribution in [2.75, 3.05) is 12.4 Å². The highest BCUT2D eigenvalue weighted by Crippen LogP contribution is 2.18. The molecule has 1 unspecified atom stereocenters. The van der Waals surface area contributed by atoms with Gasteiger partial charge in [-0.25, -0.2) is 0 Å². The maximum atomic E-state index is 11.5. The molecule has 5 heteroatoms. The van der Waals surface area contributed by atoms with Gasteiger partial charge >= 0.3 is 0 Å². The lowest BCUT2D eigenvalue weighted by molar-refractivity contribution is -0.146. The van der Waals surface area contributed by atoms with Crippen molar-refractivity contribution in [3.05, 3.63) is 0 Å².